The normalized spacial score (nSPS) is 11.5. The van der Waals surface area contributed by atoms with Crippen LogP contribution < -0.4 is 15.8 Å². The number of hydrogen-bond donors (Lipinski definition) is 2. The van der Waals surface area contributed by atoms with Crippen LogP contribution in [0.2, 0.25) is 0 Å². The van der Waals surface area contributed by atoms with Gasteiger partial charge in [-0.1, -0.05) is 12.1 Å². The number of hydrogen-bond acceptors (Lipinski definition) is 4. The molecule has 2 heterocycles. The van der Waals surface area contributed by atoms with E-state index in [1.165, 1.54) is 0 Å². The lowest BCUT2D eigenvalue weighted by atomic mass is 10.3. The minimum absolute atomic E-state index is 0.111. The molecule has 2 aromatic heterocycles. The number of anilines is 1. The summed E-state index contributed by atoms with van der Waals surface area (Å²) in [6.07, 6.45) is 3.53. The predicted molar refractivity (Wildman–Crippen MR) is 83.2 cm³/mol. The summed E-state index contributed by atoms with van der Waals surface area (Å²) < 4.78 is 5.48. The van der Waals surface area contributed by atoms with Gasteiger partial charge >= 0.3 is 0 Å². The van der Waals surface area contributed by atoms with Gasteiger partial charge in [-0.3, -0.25) is 0 Å². The van der Waals surface area contributed by atoms with Crippen molar-refractivity contribution >= 4 is 11.8 Å². The van der Waals surface area contributed by atoms with Crippen molar-refractivity contribution in [1.82, 2.24) is 9.97 Å². The second-order valence-electron chi connectivity index (χ2n) is 4.71. The number of aromatic nitrogens is 2. The van der Waals surface area contributed by atoms with Crippen LogP contribution in [-0.4, -0.2) is 22.0 Å². The van der Waals surface area contributed by atoms with E-state index in [0.29, 0.717) is 24.2 Å². The van der Waals surface area contributed by atoms with E-state index in [0.717, 1.165) is 5.56 Å². The van der Waals surface area contributed by atoms with E-state index < -0.39 is 0 Å². The molecule has 0 radical (unpaired) electrons. The highest BCUT2D eigenvalue weighted by molar-refractivity contribution is 5.91. The van der Waals surface area contributed by atoms with Crippen LogP contribution in [0.1, 0.15) is 19.4 Å². The zero-order valence-corrected chi connectivity index (χ0v) is 12.2. The van der Waals surface area contributed by atoms with Gasteiger partial charge in [0.05, 0.1) is 12.6 Å². The molecule has 0 atom stereocenters. The summed E-state index contributed by atoms with van der Waals surface area (Å²) in [7, 11) is 0. The molecule has 110 valence electrons. The second kappa shape index (κ2) is 7.23. The Labute approximate surface area is 124 Å². The molecule has 0 aromatic carbocycles. The second-order valence-corrected chi connectivity index (χ2v) is 4.71. The van der Waals surface area contributed by atoms with Crippen LogP contribution in [0.3, 0.4) is 0 Å². The first-order valence-electron chi connectivity index (χ1n) is 6.73. The fourth-order valence-electron chi connectivity index (χ4n) is 1.60. The van der Waals surface area contributed by atoms with Gasteiger partial charge < -0.3 is 15.8 Å². The van der Waals surface area contributed by atoms with E-state index in [1.807, 2.05) is 44.2 Å². The quantitative estimate of drug-likeness (QED) is 0.649. The molecule has 0 aliphatic carbocycles. The van der Waals surface area contributed by atoms with Crippen LogP contribution >= 0.6 is 0 Å². The van der Waals surface area contributed by atoms with Crippen LogP contribution in [0.25, 0.3) is 0 Å². The molecule has 0 saturated heterocycles. The van der Waals surface area contributed by atoms with E-state index in [9.17, 15) is 0 Å². The first-order valence-corrected chi connectivity index (χ1v) is 6.73. The standard InChI is InChI=1S/C15H19N5O/c1-11(2)21-14-7-6-12(9-18-14)10-19-15(16)20-13-5-3-4-8-17-13/h3-9,11H,10H2,1-2H3,(H3,16,17,19,20). The lowest BCUT2D eigenvalue weighted by Gasteiger charge is -2.08. The molecule has 2 aromatic rings. The smallest absolute Gasteiger partial charge is 0.213 e. The van der Waals surface area contributed by atoms with Gasteiger partial charge in [-0.15, -0.1) is 0 Å². The van der Waals surface area contributed by atoms with Gasteiger partial charge in [0, 0.05) is 18.5 Å². The highest BCUT2D eigenvalue weighted by Gasteiger charge is 2.00. The van der Waals surface area contributed by atoms with Crippen molar-refractivity contribution in [2.45, 2.75) is 26.5 Å². The third-order valence-electron chi connectivity index (χ3n) is 2.51. The number of nitrogens with zero attached hydrogens (tertiary/aromatic N) is 3. The minimum atomic E-state index is 0.111. The van der Waals surface area contributed by atoms with E-state index in [-0.39, 0.29) is 6.10 Å². The largest absolute Gasteiger partial charge is 0.475 e. The third kappa shape index (κ3) is 5.10. The number of rotatable bonds is 5. The Morgan fingerprint density at radius 1 is 1.29 bits per heavy atom. The fourth-order valence-corrected chi connectivity index (χ4v) is 1.60. The van der Waals surface area contributed by atoms with Gasteiger partial charge in [-0.05, 0) is 31.5 Å². The Morgan fingerprint density at radius 3 is 2.76 bits per heavy atom. The maximum Gasteiger partial charge on any atom is 0.213 e. The van der Waals surface area contributed by atoms with Crippen molar-refractivity contribution in [3.63, 3.8) is 0 Å². The molecule has 0 aliphatic rings. The molecule has 2 rings (SSSR count). The first kappa shape index (κ1) is 14.8. The SMILES string of the molecule is CC(C)Oc1ccc(CN=C(N)Nc2ccccn2)cn1. The summed E-state index contributed by atoms with van der Waals surface area (Å²) in [5, 5.41) is 2.92. The average molecular weight is 285 g/mol. The topological polar surface area (TPSA) is 85.4 Å². The number of aliphatic imine (C=N–C) groups is 1. The fraction of sp³-hybridized carbons (Fsp3) is 0.267. The molecular formula is C15H19N5O. The summed E-state index contributed by atoms with van der Waals surface area (Å²) in [5.41, 5.74) is 6.76. The maximum atomic E-state index is 5.80. The number of pyridine rings is 2. The van der Waals surface area contributed by atoms with Crippen molar-refractivity contribution in [3.05, 3.63) is 48.3 Å². The van der Waals surface area contributed by atoms with E-state index in [4.69, 9.17) is 10.5 Å². The molecule has 3 N–H and O–H groups in total. The highest BCUT2D eigenvalue weighted by Crippen LogP contribution is 2.10. The van der Waals surface area contributed by atoms with E-state index in [1.54, 1.807) is 12.4 Å². The lowest BCUT2D eigenvalue weighted by Crippen LogP contribution is -2.23. The molecule has 0 bridgehead atoms. The third-order valence-corrected chi connectivity index (χ3v) is 2.51. The Morgan fingerprint density at radius 2 is 2.14 bits per heavy atom. The summed E-state index contributed by atoms with van der Waals surface area (Å²) in [6, 6.07) is 9.28. The molecule has 6 heteroatoms. The number of guanidine groups is 1. The number of nitrogens with two attached hydrogens (primary N) is 1. The van der Waals surface area contributed by atoms with Crippen molar-refractivity contribution in [2.75, 3.05) is 5.32 Å². The van der Waals surface area contributed by atoms with Crippen LogP contribution in [0.15, 0.2) is 47.7 Å². The zero-order valence-electron chi connectivity index (χ0n) is 12.2. The lowest BCUT2D eigenvalue weighted by molar-refractivity contribution is 0.232. The molecule has 0 aliphatic heterocycles. The van der Waals surface area contributed by atoms with Gasteiger partial charge in [-0.2, -0.15) is 0 Å². The van der Waals surface area contributed by atoms with Gasteiger partial charge in [-0.25, -0.2) is 15.0 Å². The van der Waals surface area contributed by atoms with Crippen molar-refractivity contribution in [3.8, 4) is 5.88 Å². The van der Waals surface area contributed by atoms with Gasteiger partial charge in [0.15, 0.2) is 5.96 Å². The predicted octanol–water partition coefficient (Wildman–Crippen LogP) is 2.19. The molecule has 0 unspecified atom stereocenters. The van der Waals surface area contributed by atoms with Crippen LogP contribution in [0, 0.1) is 0 Å². The Balaban J connectivity index is 1.90. The monoisotopic (exact) mass is 285 g/mol. The van der Waals surface area contributed by atoms with E-state index >= 15 is 0 Å². The van der Waals surface area contributed by atoms with Crippen molar-refractivity contribution in [2.24, 2.45) is 10.7 Å². The summed E-state index contributed by atoms with van der Waals surface area (Å²) in [4.78, 5) is 12.6. The molecule has 0 fully saturated rings. The Kier molecular flexibility index (Phi) is 5.09. The summed E-state index contributed by atoms with van der Waals surface area (Å²) in [5.74, 6) is 1.59. The molecular weight excluding hydrogens is 266 g/mol. The van der Waals surface area contributed by atoms with Crippen LogP contribution in [0.5, 0.6) is 5.88 Å². The first-order chi connectivity index (χ1) is 10.1. The molecule has 0 spiro atoms. The molecule has 6 nitrogen and oxygen atoms in total. The minimum Gasteiger partial charge on any atom is -0.475 e. The Hall–Kier alpha value is -2.63. The van der Waals surface area contributed by atoms with Gasteiger partial charge in [0.25, 0.3) is 0 Å². The van der Waals surface area contributed by atoms with Crippen LogP contribution in [0.4, 0.5) is 5.82 Å². The molecule has 0 amide bonds. The maximum absolute atomic E-state index is 5.80. The number of ether oxygens (including phenoxy) is 1. The van der Waals surface area contributed by atoms with Gasteiger partial charge in [0.1, 0.15) is 5.82 Å². The number of nitrogens with one attached hydrogen (secondary N) is 1. The van der Waals surface area contributed by atoms with Gasteiger partial charge in [0.2, 0.25) is 5.88 Å². The molecule has 21 heavy (non-hydrogen) atoms. The van der Waals surface area contributed by atoms with Crippen molar-refractivity contribution in [1.29, 1.82) is 0 Å². The highest BCUT2D eigenvalue weighted by atomic mass is 16.5. The van der Waals surface area contributed by atoms with Crippen LogP contribution in [-0.2, 0) is 6.54 Å². The summed E-state index contributed by atoms with van der Waals surface area (Å²) in [6.45, 7) is 4.37. The molecule has 0 saturated carbocycles. The van der Waals surface area contributed by atoms with Crippen molar-refractivity contribution < 1.29 is 4.74 Å². The average Bonchev–Trinajstić information content (AvgIpc) is 2.47. The van der Waals surface area contributed by atoms with E-state index in [2.05, 4.69) is 20.3 Å². The Bertz CT molecular complexity index is 581. The zero-order chi connectivity index (χ0) is 15.1. The summed E-state index contributed by atoms with van der Waals surface area (Å²) >= 11 is 0.